The third-order valence-electron chi connectivity index (χ3n) is 2.81. The Labute approximate surface area is 123 Å². The van der Waals surface area contributed by atoms with Crippen molar-refractivity contribution in [1.29, 1.82) is 0 Å². The van der Waals surface area contributed by atoms with Gasteiger partial charge in [-0.05, 0) is 17.7 Å². The maximum atomic E-state index is 12.0. The smallest absolute Gasteiger partial charge is 0.292 e. The quantitative estimate of drug-likeness (QED) is 0.867. The van der Waals surface area contributed by atoms with E-state index in [9.17, 15) is 4.79 Å². The molecule has 0 bridgehead atoms. The molecule has 1 N–H and O–H groups in total. The van der Waals surface area contributed by atoms with Gasteiger partial charge >= 0.3 is 0 Å². The van der Waals surface area contributed by atoms with Crippen LogP contribution in [-0.2, 0) is 6.54 Å². The second-order valence-electron chi connectivity index (χ2n) is 4.51. The van der Waals surface area contributed by atoms with Gasteiger partial charge in [0.05, 0.1) is 12.8 Å². The summed E-state index contributed by atoms with van der Waals surface area (Å²) < 4.78 is 4.86. The Morgan fingerprint density at radius 3 is 3.00 bits per heavy atom. The third-order valence-corrected chi connectivity index (χ3v) is 2.81. The van der Waals surface area contributed by atoms with Crippen LogP contribution in [0.15, 0.2) is 41.1 Å². The fourth-order valence-electron chi connectivity index (χ4n) is 1.83. The zero-order valence-electron chi connectivity index (χ0n) is 11.7. The van der Waals surface area contributed by atoms with Gasteiger partial charge in [-0.3, -0.25) is 4.79 Å². The second kappa shape index (κ2) is 7.27. The highest BCUT2D eigenvalue weighted by Crippen LogP contribution is 2.10. The molecule has 5 nitrogen and oxygen atoms in total. The maximum Gasteiger partial charge on any atom is 0.292 e. The van der Waals surface area contributed by atoms with Crippen molar-refractivity contribution in [3.63, 3.8) is 0 Å². The molecule has 108 valence electrons. The molecule has 0 aliphatic carbocycles. The van der Waals surface area contributed by atoms with Gasteiger partial charge in [0.15, 0.2) is 0 Å². The van der Waals surface area contributed by atoms with Gasteiger partial charge in [-0.2, -0.15) is 0 Å². The highest BCUT2D eigenvalue weighted by atomic mass is 16.5. The summed E-state index contributed by atoms with van der Waals surface area (Å²) in [7, 11) is 1.70. The predicted octanol–water partition coefficient (Wildman–Crippen LogP) is 1.68. The zero-order chi connectivity index (χ0) is 15.1. The first-order valence-corrected chi connectivity index (χ1v) is 6.55. The first kappa shape index (κ1) is 14.8. The Kier molecular flexibility index (Phi) is 5.13. The van der Waals surface area contributed by atoms with Gasteiger partial charge in [-0.1, -0.05) is 29.1 Å². The van der Waals surface area contributed by atoms with Crippen molar-refractivity contribution in [3.05, 3.63) is 53.4 Å². The predicted molar refractivity (Wildman–Crippen MR) is 77.3 cm³/mol. The first-order valence-electron chi connectivity index (χ1n) is 6.55. The summed E-state index contributed by atoms with van der Waals surface area (Å²) in [5.41, 5.74) is 1.84. The lowest BCUT2D eigenvalue weighted by molar-refractivity contribution is 0.0743. The van der Waals surface area contributed by atoms with Crippen LogP contribution in [0.5, 0.6) is 0 Å². The summed E-state index contributed by atoms with van der Waals surface area (Å²) in [5.74, 6) is 5.85. The average molecular weight is 284 g/mol. The van der Waals surface area contributed by atoms with Crippen molar-refractivity contribution >= 4 is 5.91 Å². The average Bonchev–Trinajstić information content (AvgIpc) is 3.01. The molecular weight excluding hydrogens is 268 g/mol. The minimum absolute atomic E-state index is 0.0567. The monoisotopic (exact) mass is 284 g/mol. The van der Waals surface area contributed by atoms with E-state index >= 15 is 0 Å². The number of amides is 1. The van der Waals surface area contributed by atoms with E-state index in [1.165, 1.54) is 12.3 Å². The van der Waals surface area contributed by atoms with E-state index < -0.39 is 0 Å². The number of aliphatic hydroxyl groups excluding tert-OH is 1. The summed E-state index contributed by atoms with van der Waals surface area (Å²) >= 11 is 0. The summed E-state index contributed by atoms with van der Waals surface area (Å²) in [6.07, 6.45) is 1.90. The van der Waals surface area contributed by atoms with Gasteiger partial charge in [-0.25, -0.2) is 0 Å². The van der Waals surface area contributed by atoms with E-state index in [0.717, 1.165) is 11.1 Å². The molecule has 0 aliphatic heterocycles. The van der Waals surface area contributed by atoms with E-state index in [1.807, 2.05) is 24.3 Å². The molecule has 5 heteroatoms. The number of rotatable bonds is 4. The lowest BCUT2D eigenvalue weighted by atomic mass is 10.1. The molecule has 0 atom stereocenters. The van der Waals surface area contributed by atoms with Crippen molar-refractivity contribution in [1.82, 2.24) is 10.1 Å². The highest BCUT2D eigenvalue weighted by Gasteiger charge is 2.15. The van der Waals surface area contributed by atoms with Gasteiger partial charge < -0.3 is 14.5 Å². The summed E-state index contributed by atoms with van der Waals surface area (Å²) in [6, 6.07) is 9.18. The van der Waals surface area contributed by atoms with Crippen LogP contribution in [0, 0.1) is 11.8 Å². The Bertz CT molecular complexity index is 654. The van der Waals surface area contributed by atoms with E-state index in [1.54, 1.807) is 11.9 Å². The SMILES string of the molecule is CN(Cc1cccc(C#CCCO)c1)C(=O)c1ccno1. The maximum absolute atomic E-state index is 12.0. The van der Waals surface area contributed by atoms with Crippen LogP contribution in [0.25, 0.3) is 0 Å². The summed E-state index contributed by atoms with van der Waals surface area (Å²) in [4.78, 5) is 13.6. The molecule has 1 aromatic carbocycles. The molecular formula is C16H16N2O3. The Balaban J connectivity index is 2.04. The van der Waals surface area contributed by atoms with Crippen LogP contribution in [0.4, 0.5) is 0 Å². The Morgan fingerprint density at radius 1 is 1.43 bits per heavy atom. The summed E-state index contributed by atoms with van der Waals surface area (Å²) in [5, 5.41) is 12.2. The van der Waals surface area contributed by atoms with Crippen molar-refractivity contribution in [2.24, 2.45) is 0 Å². The van der Waals surface area contributed by atoms with Crippen LogP contribution in [0.2, 0.25) is 0 Å². The minimum atomic E-state index is -0.218. The van der Waals surface area contributed by atoms with Gasteiger partial charge in [-0.15, -0.1) is 0 Å². The fourth-order valence-corrected chi connectivity index (χ4v) is 1.83. The standard InChI is InChI=1S/C16H16N2O3/c1-18(16(20)15-8-9-17-21-15)12-14-7-4-6-13(11-14)5-2-3-10-19/h4,6-9,11,19H,3,10,12H2,1H3. The summed E-state index contributed by atoms with van der Waals surface area (Å²) in [6.45, 7) is 0.510. The number of aliphatic hydroxyl groups is 1. The van der Waals surface area contributed by atoms with E-state index in [-0.39, 0.29) is 18.3 Å². The minimum Gasteiger partial charge on any atom is -0.395 e. The normalized spacial score (nSPS) is 9.81. The number of carbonyl (C=O) groups is 1. The van der Waals surface area contributed by atoms with Crippen molar-refractivity contribution in [3.8, 4) is 11.8 Å². The largest absolute Gasteiger partial charge is 0.395 e. The molecule has 0 unspecified atom stereocenters. The number of carbonyl (C=O) groups excluding carboxylic acids is 1. The van der Waals surface area contributed by atoms with Crippen LogP contribution in [-0.4, -0.2) is 34.7 Å². The Morgan fingerprint density at radius 2 is 2.29 bits per heavy atom. The molecule has 2 aromatic rings. The fraction of sp³-hybridized carbons (Fsp3) is 0.250. The molecule has 0 radical (unpaired) electrons. The molecule has 0 saturated heterocycles. The van der Waals surface area contributed by atoms with Crippen LogP contribution in [0.3, 0.4) is 0 Å². The number of hydrogen-bond donors (Lipinski definition) is 1. The molecule has 1 aromatic heterocycles. The van der Waals surface area contributed by atoms with Crippen LogP contribution < -0.4 is 0 Å². The lowest BCUT2D eigenvalue weighted by Gasteiger charge is -2.15. The Hall–Kier alpha value is -2.58. The van der Waals surface area contributed by atoms with Crippen molar-refractivity contribution < 1.29 is 14.4 Å². The van der Waals surface area contributed by atoms with Crippen molar-refractivity contribution in [2.75, 3.05) is 13.7 Å². The topological polar surface area (TPSA) is 66.6 Å². The number of aromatic nitrogens is 1. The van der Waals surface area contributed by atoms with Gasteiger partial charge in [0.2, 0.25) is 5.76 Å². The van der Waals surface area contributed by atoms with Gasteiger partial charge in [0.25, 0.3) is 5.91 Å². The van der Waals surface area contributed by atoms with Gasteiger partial charge in [0.1, 0.15) is 0 Å². The van der Waals surface area contributed by atoms with E-state index in [0.29, 0.717) is 13.0 Å². The second-order valence-corrected chi connectivity index (χ2v) is 4.51. The molecule has 21 heavy (non-hydrogen) atoms. The van der Waals surface area contributed by atoms with Crippen LogP contribution in [0.1, 0.15) is 28.1 Å². The first-order chi connectivity index (χ1) is 10.2. The van der Waals surface area contributed by atoms with Crippen LogP contribution >= 0.6 is 0 Å². The molecule has 1 heterocycles. The molecule has 0 saturated carbocycles. The highest BCUT2D eigenvalue weighted by molar-refractivity contribution is 5.91. The number of hydrogen-bond acceptors (Lipinski definition) is 4. The van der Waals surface area contributed by atoms with E-state index in [2.05, 4.69) is 17.0 Å². The molecule has 1 amide bonds. The number of benzene rings is 1. The number of nitrogens with zero attached hydrogens (tertiary/aromatic N) is 2. The third kappa shape index (κ3) is 4.20. The van der Waals surface area contributed by atoms with E-state index in [4.69, 9.17) is 9.63 Å². The molecule has 0 spiro atoms. The molecule has 0 fully saturated rings. The molecule has 0 aliphatic rings. The van der Waals surface area contributed by atoms with Gasteiger partial charge in [0, 0.05) is 31.6 Å². The molecule has 2 rings (SSSR count). The zero-order valence-corrected chi connectivity index (χ0v) is 11.7. The van der Waals surface area contributed by atoms with Crippen molar-refractivity contribution in [2.45, 2.75) is 13.0 Å². The lowest BCUT2D eigenvalue weighted by Crippen LogP contribution is -2.25.